The highest BCUT2D eigenvalue weighted by atomic mass is 32.2. The molecule has 0 aliphatic rings. The van der Waals surface area contributed by atoms with Crippen LogP contribution in [-0.2, 0) is 10.0 Å². The van der Waals surface area contributed by atoms with Gasteiger partial charge in [-0.2, -0.15) is 0 Å². The van der Waals surface area contributed by atoms with E-state index >= 15 is 0 Å². The summed E-state index contributed by atoms with van der Waals surface area (Å²) < 4.78 is 26.4. The number of hydrogen-bond acceptors (Lipinski definition) is 3. The fourth-order valence-electron chi connectivity index (χ4n) is 1.53. The van der Waals surface area contributed by atoms with Gasteiger partial charge in [0.15, 0.2) is 0 Å². The summed E-state index contributed by atoms with van der Waals surface area (Å²) in [4.78, 5) is 0.279. The Bertz CT molecular complexity index is 507. The van der Waals surface area contributed by atoms with Crippen molar-refractivity contribution in [2.45, 2.75) is 38.7 Å². The molecule has 0 saturated heterocycles. The molecule has 0 aromatic heterocycles. The molecule has 1 aromatic carbocycles. The molecule has 0 saturated carbocycles. The van der Waals surface area contributed by atoms with Crippen LogP contribution in [0.3, 0.4) is 0 Å². The van der Waals surface area contributed by atoms with Crippen LogP contribution in [0.2, 0.25) is 0 Å². The summed E-state index contributed by atoms with van der Waals surface area (Å²) in [6.07, 6.45) is -0.698. The maximum Gasteiger partial charge on any atom is 0.240 e. The molecule has 0 bridgehead atoms. The van der Waals surface area contributed by atoms with Gasteiger partial charge in [-0.15, -0.1) is 0 Å². The molecule has 0 fully saturated rings. The molecular formula is C12H19NO3S. The van der Waals surface area contributed by atoms with Gasteiger partial charge >= 0.3 is 0 Å². The molecule has 0 aliphatic carbocycles. The maximum atomic E-state index is 12.0. The summed E-state index contributed by atoms with van der Waals surface area (Å²) in [5, 5.41) is 9.10. The quantitative estimate of drug-likeness (QED) is 0.853. The minimum atomic E-state index is -3.54. The predicted molar refractivity (Wildman–Crippen MR) is 67.5 cm³/mol. The Morgan fingerprint density at radius 1 is 1.18 bits per heavy atom. The van der Waals surface area contributed by atoms with Gasteiger partial charge in [0.2, 0.25) is 10.0 Å². The van der Waals surface area contributed by atoms with E-state index in [1.807, 2.05) is 19.9 Å². The molecule has 1 aromatic rings. The third kappa shape index (κ3) is 3.52. The first kappa shape index (κ1) is 14.2. The minimum Gasteiger partial charge on any atom is -0.392 e. The molecule has 0 amide bonds. The van der Waals surface area contributed by atoms with Crippen LogP contribution in [0.15, 0.2) is 17.0 Å². The third-order valence-electron chi connectivity index (χ3n) is 2.65. The smallest absolute Gasteiger partial charge is 0.240 e. The predicted octanol–water partition coefficient (Wildman–Crippen LogP) is 1.27. The van der Waals surface area contributed by atoms with Crippen molar-refractivity contribution < 1.29 is 13.5 Å². The van der Waals surface area contributed by atoms with Gasteiger partial charge in [-0.3, -0.25) is 0 Å². The van der Waals surface area contributed by atoms with Crippen LogP contribution in [0.4, 0.5) is 0 Å². The highest BCUT2D eigenvalue weighted by molar-refractivity contribution is 7.89. The van der Waals surface area contributed by atoms with Crippen LogP contribution in [-0.4, -0.2) is 26.2 Å². The molecule has 0 radical (unpaired) electrons. The van der Waals surface area contributed by atoms with Gasteiger partial charge in [-0.1, -0.05) is 6.07 Å². The van der Waals surface area contributed by atoms with Gasteiger partial charge < -0.3 is 5.11 Å². The zero-order valence-electron chi connectivity index (χ0n) is 10.6. The summed E-state index contributed by atoms with van der Waals surface area (Å²) >= 11 is 0. The molecule has 4 nitrogen and oxygen atoms in total. The molecule has 0 aliphatic heterocycles. The number of aliphatic hydroxyl groups is 1. The van der Waals surface area contributed by atoms with E-state index in [9.17, 15) is 8.42 Å². The third-order valence-corrected chi connectivity index (χ3v) is 4.22. The number of aryl methyl sites for hydroxylation is 3. The van der Waals surface area contributed by atoms with Crippen LogP contribution in [0.25, 0.3) is 0 Å². The van der Waals surface area contributed by atoms with E-state index in [2.05, 4.69) is 4.72 Å². The molecule has 17 heavy (non-hydrogen) atoms. The summed E-state index contributed by atoms with van der Waals surface area (Å²) in [6, 6.07) is 3.52. The Balaban J connectivity index is 3.11. The van der Waals surface area contributed by atoms with Crippen molar-refractivity contribution in [3.63, 3.8) is 0 Å². The van der Waals surface area contributed by atoms with Gasteiger partial charge in [-0.25, -0.2) is 13.1 Å². The second kappa shape index (κ2) is 5.16. The largest absolute Gasteiger partial charge is 0.392 e. The Kier molecular flexibility index (Phi) is 4.30. The summed E-state index contributed by atoms with van der Waals surface area (Å²) in [6.45, 7) is 7.15. The summed E-state index contributed by atoms with van der Waals surface area (Å²) in [5.41, 5.74) is 2.72. The molecule has 0 heterocycles. The zero-order chi connectivity index (χ0) is 13.2. The van der Waals surface area contributed by atoms with Crippen molar-refractivity contribution >= 4 is 10.0 Å². The van der Waals surface area contributed by atoms with E-state index in [0.29, 0.717) is 5.56 Å². The Morgan fingerprint density at radius 2 is 1.71 bits per heavy atom. The molecule has 5 heteroatoms. The highest BCUT2D eigenvalue weighted by Gasteiger charge is 2.17. The second-order valence-corrected chi connectivity index (χ2v) is 6.14. The molecule has 2 N–H and O–H groups in total. The molecule has 0 spiro atoms. The van der Waals surface area contributed by atoms with Crippen molar-refractivity contribution in [1.82, 2.24) is 4.72 Å². The van der Waals surface area contributed by atoms with Gasteiger partial charge in [0, 0.05) is 6.54 Å². The van der Waals surface area contributed by atoms with E-state index in [-0.39, 0.29) is 11.4 Å². The number of aliphatic hydroxyl groups excluding tert-OH is 1. The number of sulfonamides is 1. The molecular weight excluding hydrogens is 238 g/mol. The van der Waals surface area contributed by atoms with Crippen molar-refractivity contribution in [2.24, 2.45) is 0 Å². The fraction of sp³-hybridized carbons (Fsp3) is 0.500. The lowest BCUT2D eigenvalue weighted by Crippen LogP contribution is -2.31. The minimum absolute atomic E-state index is 0.0225. The van der Waals surface area contributed by atoms with E-state index < -0.39 is 16.1 Å². The standard InChI is InChI=1S/C12H19NO3S/c1-8-5-10(3)12(6-9(8)2)17(15,16)13-7-11(4)14/h5-6,11,13-14H,7H2,1-4H3/t11-/m0/s1. The maximum absolute atomic E-state index is 12.0. The SMILES string of the molecule is Cc1cc(C)c(S(=O)(=O)NC[C@H](C)O)cc1C. The average molecular weight is 257 g/mol. The zero-order valence-corrected chi connectivity index (χ0v) is 11.4. The van der Waals surface area contributed by atoms with Crippen LogP contribution in [0.5, 0.6) is 0 Å². The number of rotatable bonds is 4. The van der Waals surface area contributed by atoms with Crippen molar-refractivity contribution in [1.29, 1.82) is 0 Å². The first-order valence-electron chi connectivity index (χ1n) is 5.49. The van der Waals surface area contributed by atoms with Gasteiger partial charge in [0.1, 0.15) is 0 Å². The fourth-order valence-corrected chi connectivity index (χ4v) is 2.96. The monoisotopic (exact) mass is 257 g/mol. The topological polar surface area (TPSA) is 66.4 Å². The van der Waals surface area contributed by atoms with Crippen LogP contribution < -0.4 is 4.72 Å². The van der Waals surface area contributed by atoms with Crippen molar-refractivity contribution in [2.75, 3.05) is 6.54 Å². The Labute approximate surface area is 103 Å². The van der Waals surface area contributed by atoms with Crippen LogP contribution >= 0.6 is 0 Å². The van der Waals surface area contributed by atoms with E-state index in [4.69, 9.17) is 5.11 Å². The lowest BCUT2D eigenvalue weighted by Gasteiger charge is -2.12. The Hall–Kier alpha value is -0.910. The normalized spacial score (nSPS) is 13.7. The second-order valence-electron chi connectivity index (χ2n) is 4.40. The van der Waals surface area contributed by atoms with Crippen molar-refractivity contribution in [3.05, 3.63) is 28.8 Å². The number of nitrogens with one attached hydrogen (secondary N) is 1. The molecule has 0 unspecified atom stereocenters. The van der Waals surface area contributed by atoms with E-state index in [1.165, 1.54) is 6.92 Å². The molecule has 1 atom stereocenters. The van der Waals surface area contributed by atoms with Crippen LogP contribution in [0, 0.1) is 20.8 Å². The van der Waals surface area contributed by atoms with E-state index in [0.717, 1.165) is 11.1 Å². The van der Waals surface area contributed by atoms with Crippen LogP contribution in [0.1, 0.15) is 23.6 Å². The van der Waals surface area contributed by atoms with Crippen molar-refractivity contribution in [3.8, 4) is 0 Å². The Morgan fingerprint density at radius 3 is 2.24 bits per heavy atom. The van der Waals surface area contributed by atoms with Gasteiger partial charge in [-0.05, 0) is 50.5 Å². The molecule has 96 valence electrons. The lowest BCUT2D eigenvalue weighted by atomic mass is 10.1. The summed E-state index contributed by atoms with van der Waals surface area (Å²) in [7, 11) is -3.54. The first-order valence-corrected chi connectivity index (χ1v) is 6.98. The van der Waals surface area contributed by atoms with Gasteiger partial charge in [0.25, 0.3) is 0 Å². The number of hydrogen-bond donors (Lipinski definition) is 2. The molecule has 1 rings (SSSR count). The lowest BCUT2D eigenvalue weighted by molar-refractivity contribution is 0.198. The average Bonchev–Trinajstić information content (AvgIpc) is 2.20. The highest BCUT2D eigenvalue weighted by Crippen LogP contribution is 2.19. The van der Waals surface area contributed by atoms with Gasteiger partial charge in [0.05, 0.1) is 11.0 Å². The van der Waals surface area contributed by atoms with E-state index in [1.54, 1.807) is 13.0 Å². The summed E-state index contributed by atoms with van der Waals surface area (Å²) in [5.74, 6) is 0. The first-order chi connectivity index (χ1) is 7.74. The number of benzene rings is 1.